The summed E-state index contributed by atoms with van der Waals surface area (Å²) in [7, 11) is 0. The summed E-state index contributed by atoms with van der Waals surface area (Å²) < 4.78 is 0. The van der Waals surface area contributed by atoms with E-state index in [-0.39, 0.29) is 0 Å². The maximum atomic E-state index is 9.87. The van der Waals surface area contributed by atoms with Crippen LogP contribution in [0.2, 0.25) is 0 Å². The van der Waals surface area contributed by atoms with E-state index in [9.17, 15) is 5.11 Å². The van der Waals surface area contributed by atoms with E-state index in [1.54, 1.807) is 12.3 Å². The van der Waals surface area contributed by atoms with Gasteiger partial charge in [-0.15, -0.1) is 0 Å². The Kier molecular flexibility index (Phi) is 3.21. The number of anilines is 1. The number of aromatic nitrogens is 2. The molecule has 0 saturated carbocycles. The second kappa shape index (κ2) is 5.17. The van der Waals surface area contributed by atoms with Crippen LogP contribution in [-0.2, 0) is 6.54 Å². The van der Waals surface area contributed by atoms with E-state index in [2.05, 4.69) is 15.3 Å². The van der Waals surface area contributed by atoms with Crippen LogP contribution in [0.15, 0.2) is 48.7 Å². The minimum absolute atomic E-state index is 0.295. The molecule has 4 heteroatoms. The third-order valence-corrected chi connectivity index (χ3v) is 3.19. The highest BCUT2D eigenvalue weighted by molar-refractivity contribution is 5.97. The average Bonchev–Trinajstić information content (AvgIpc) is 2.46. The number of phenols is 1. The van der Waals surface area contributed by atoms with E-state index >= 15 is 0 Å². The van der Waals surface area contributed by atoms with Gasteiger partial charge in [0, 0.05) is 22.7 Å². The first-order chi connectivity index (χ1) is 9.74. The Morgan fingerprint density at radius 2 is 1.85 bits per heavy atom. The van der Waals surface area contributed by atoms with E-state index < -0.39 is 0 Å². The maximum absolute atomic E-state index is 9.87. The molecule has 0 saturated heterocycles. The van der Waals surface area contributed by atoms with Crippen LogP contribution in [-0.4, -0.2) is 15.1 Å². The zero-order valence-corrected chi connectivity index (χ0v) is 11.2. The Morgan fingerprint density at radius 1 is 1.05 bits per heavy atom. The van der Waals surface area contributed by atoms with E-state index in [1.807, 2.05) is 43.3 Å². The lowest BCUT2D eigenvalue weighted by atomic mass is 10.1. The number of nitrogens with one attached hydrogen (secondary N) is 1. The van der Waals surface area contributed by atoms with Gasteiger partial charge in [0.1, 0.15) is 11.6 Å². The van der Waals surface area contributed by atoms with Crippen LogP contribution in [0.4, 0.5) is 5.69 Å². The summed E-state index contributed by atoms with van der Waals surface area (Å²) in [5.41, 5.74) is 1.92. The van der Waals surface area contributed by atoms with Gasteiger partial charge in [0.25, 0.3) is 0 Å². The molecule has 0 bridgehead atoms. The molecule has 4 nitrogen and oxygen atoms in total. The summed E-state index contributed by atoms with van der Waals surface area (Å²) in [4.78, 5) is 8.45. The molecule has 100 valence electrons. The van der Waals surface area contributed by atoms with E-state index in [0.29, 0.717) is 12.3 Å². The molecule has 0 atom stereocenters. The van der Waals surface area contributed by atoms with Crippen molar-refractivity contribution in [2.24, 2.45) is 0 Å². The van der Waals surface area contributed by atoms with Gasteiger partial charge in [-0.05, 0) is 25.1 Å². The van der Waals surface area contributed by atoms with Crippen molar-refractivity contribution in [3.63, 3.8) is 0 Å². The molecule has 0 aliphatic heterocycles. The monoisotopic (exact) mass is 265 g/mol. The summed E-state index contributed by atoms with van der Waals surface area (Å²) in [5.74, 6) is 1.06. The Hall–Kier alpha value is -2.62. The SMILES string of the molecule is Cc1nccc(CNc2cccc3c(O)cccc23)n1. The highest BCUT2D eigenvalue weighted by atomic mass is 16.3. The van der Waals surface area contributed by atoms with Crippen molar-refractivity contribution in [2.75, 3.05) is 5.32 Å². The van der Waals surface area contributed by atoms with Crippen LogP contribution in [0, 0.1) is 6.92 Å². The minimum atomic E-state index is 0.295. The average molecular weight is 265 g/mol. The molecule has 0 aliphatic carbocycles. The summed E-state index contributed by atoms with van der Waals surface area (Å²) in [6.07, 6.45) is 1.76. The molecule has 0 amide bonds. The number of hydrogen-bond acceptors (Lipinski definition) is 4. The molecule has 0 unspecified atom stereocenters. The molecule has 0 aliphatic rings. The topological polar surface area (TPSA) is 58.0 Å². The number of phenolic OH excluding ortho intramolecular Hbond substituents is 1. The fourth-order valence-electron chi connectivity index (χ4n) is 2.24. The summed E-state index contributed by atoms with van der Waals surface area (Å²) >= 11 is 0. The molecule has 1 heterocycles. The first kappa shape index (κ1) is 12.4. The zero-order valence-electron chi connectivity index (χ0n) is 11.2. The van der Waals surface area contributed by atoms with Crippen LogP contribution in [0.3, 0.4) is 0 Å². The van der Waals surface area contributed by atoms with Crippen molar-refractivity contribution in [3.8, 4) is 5.75 Å². The Morgan fingerprint density at radius 3 is 2.70 bits per heavy atom. The largest absolute Gasteiger partial charge is 0.507 e. The second-order valence-corrected chi connectivity index (χ2v) is 4.63. The second-order valence-electron chi connectivity index (χ2n) is 4.63. The minimum Gasteiger partial charge on any atom is -0.507 e. The predicted octanol–water partition coefficient (Wildman–Crippen LogP) is 3.26. The standard InChI is InChI=1S/C16H15N3O/c1-11-17-9-8-12(19-11)10-18-15-6-2-5-14-13(15)4-3-7-16(14)20/h2-9,18,20H,10H2,1H3. The Labute approximate surface area is 117 Å². The number of aromatic hydroxyl groups is 1. The lowest BCUT2D eigenvalue weighted by Gasteiger charge is -2.10. The van der Waals surface area contributed by atoms with Gasteiger partial charge in [0.05, 0.1) is 12.2 Å². The Bertz CT molecular complexity index is 756. The molecule has 2 N–H and O–H groups in total. The lowest BCUT2D eigenvalue weighted by Crippen LogP contribution is -2.03. The molecule has 3 rings (SSSR count). The fourth-order valence-corrected chi connectivity index (χ4v) is 2.24. The molecular weight excluding hydrogens is 250 g/mol. The zero-order chi connectivity index (χ0) is 13.9. The molecular formula is C16H15N3O. The smallest absolute Gasteiger partial charge is 0.125 e. The molecule has 20 heavy (non-hydrogen) atoms. The number of fused-ring (bicyclic) bond motifs is 1. The molecule has 0 fully saturated rings. The van der Waals surface area contributed by atoms with Crippen molar-refractivity contribution < 1.29 is 5.11 Å². The third kappa shape index (κ3) is 2.40. The molecule has 1 aromatic heterocycles. The van der Waals surface area contributed by atoms with Gasteiger partial charge >= 0.3 is 0 Å². The summed E-state index contributed by atoms with van der Waals surface area (Å²) in [6.45, 7) is 2.50. The third-order valence-electron chi connectivity index (χ3n) is 3.19. The van der Waals surface area contributed by atoms with E-state index in [0.717, 1.165) is 28.0 Å². The van der Waals surface area contributed by atoms with Crippen molar-refractivity contribution in [3.05, 3.63) is 60.2 Å². The number of rotatable bonds is 3. The molecule has 0 spiro atoms. The highest BCUT2D eigenvalue weighted by Gasteiger charge is 2.04. The van der Waals surface area contributed by atoms with Gasteiger partial charge in [0.15, 0.2) is 0 Å². The van der Waals surface area contributed by atoms with E-state index in [4.69, 9.17) is 0 Å². The van der Waals surface area contributed by atoms with Gasteiger partial charge < -0.3 is 10.4 Å². The van der Waals surface area contributed by atoms with Gasteiger partial charge in [-0.1, -0.05) is 24.3 Å². The van der Waals surface area contributed by atoms with Crippen molar-refractivity contribution in [1.29, 1.82) is 0 Å². The number of aryl methyl sites for hydroxylation is 1. The highest BCUT2D eigenvalue weighted by Crippen LogP contribution is 2.29. The number of nitrogens with zero attached hydrogens (tertiary/aromatic N) is 2. The normalized spacial score (nSPS) is 10.7. The van der Waals surface area contributed by atoms with Crippen molar-refractivity contribution in [2.45, 2.75) is 13.5 Å². The fraction of sp³-hybridized carbons (Fsp3) is 0.125. The van der Waals surface area contributed by atoms with Gasteiger partial charge in [0.2, 0.25) is 0 Å². The van der Waals surface area contributed by atoms with E-state index in [1.165, 1.54) is 0 Å². The Balaban J connectivity index is 1.90. The van der Waals surface area contributed by atoms with Crippen molar-refractivity contribution in [1.82, 2.24) is 9.97 Å². The van der Waals surface area contributed by atoms with Crippen LogP contribution in [0.5, 0.6) is 5.75 Å². The predicted molar refractivity (Wildman–Crippen MR) is 79.7 cm³/mol. The van der Waals surface area contributed by atoms with Crippen LogP contribution in [0.1, 0.15) is 11.5 Å². The molecule has 0 radical (unpaired) electrons. The first-order valence-corrected chi connectivity index (χ1v) is 6.47. The van der Waals surface area contributed by atoms with Gasteiger partial charge in [-0.3, -0.25) is 0 Å². The van der Waals surface area contributed by atoms with Crippen LogP contribution >= 0.6 is 0 Å². The quantitative estimate of drug-likeness (QED) is 0.763. The maximum Gasteiger partial charge on any atom is 0.125 e. The van der Waals surface area contributed by atoms with Gasteiger partial charge in [-0.25, -0.2) is 9.97 Å². The van der Waals surface area contributed by atoms with Gasteiger partial charge in [-0.2, -0.15) is 0 Å². The number of benzene rings is 2. The summed E-state index contributed by atoms with van der Waals surface area (Å²) in [6, 6.07) is 13.2. The summed E-state index contributed by atoms with van der Waals surface area (Å²) in [5, 5.41) is 15.1. The number of hydrogen-bond donors (Lipinski definition) is 2. The van der Waals surface area contributed by atoms with Crippen molar-refractivity contribution >= 4 is 16.5 Å². The molecule has 2 aromatic carbocycles. The molecule has 3 aromatic rings. The van der Waals surface area contributed by atoms with Crippen LogP contribution in [0.25, 0.3) is 10.8 Å². The van der Waals surface area contributed by atoms with Crippen LogP contribution < -0.4 is 5.32 Å². The first-order valence-electron chi connectivity index (χ1n) is 6.47. The lowest BCUT2D eigenvalue weighted by molar-refractivity contribution is 0.481.